The number of hydrogen-bond acceptors (Lipinski definition) is 3. The van der Waals surface area contributed by atoms with Crippen molar-refractivity contribution in [1.82, 2.24) is 0 Å². The van der Waals surface area contributed by atoms with Crippen LogP contribution >= 0.6 is 0 Å². The van der Waals surface area contributed by atoms with Crippen LogP contribution in [0.5, 0.6) is 0 Å². The van der Waals surface area contributed by atoms with E-state index in [0.717, 1.165) is 38.8 Å². The summed E-state index contributed by atoms with van der Waals surface area (Å²) in [4.78, 5) is 5.04. The first-order chi connectivity index (χ1) is 28.0. The third-order valence-corrected chi connectivity index (χ3v) is 12.6. The zero-order valence-electron chi connectivity index (χ0n) is 34.0. The molecule has 0 amide bonds. The Morgan fingerprint density at radius 2 is 1.02 bits per heavy atom. The van der Waals surface area contributed by atoms with Crippen molar-refractivity contribution in [2.45, 2.75) is 52.4 Å². The molecule has 1 aromatic heterocycles. The van der Waals surface area contributed by atoms with E-state index in [-0.39, 0.29) is 17.5 Å². The van der Waals surface area contributed by atoms with Crippen LogP contribution in [0.2, 0.25) is 0 Å². The number of anilines is 6. The third-order valence-electron chi connectivity index (χ3n) is 12.6. The molecule has 11 rings (SSSR count). The van der Waals surface area contributed by atoms with Gasteiger partial charge in [0, 0.05) is 50.5 Å². The van der Waals surface area contributed by atoms with Crippen LogP contribution in [0.1, 0.15) is 52.7 Å². The van der Waals surface area contributed by atoms with Gasteiger partial charge in [-0.15, -0.1) is 0 Å². The van der Waals surface area contributed by atoms with Crippen molar-refractivity contribution in [2.75, 3.05) is 9.80 Å². The van der Waals surface area contributed by atoms with Crippen LogP contribution in [-0.2, 0) is 10.8 Å². The lowest BCUT2D eigenvalue weighted by Gasteiger charge is -2.44. The highest BCUT2D eigenvalue weighted by molar-refractivity contribution is 7.00. The largest absolute Gasteiger partial charge is 0.455 e. The van der Waals surface area contributed by atoms with Crippen molar-refractivity contribution >= 4 is 89.9 Å². The highest BCUT2D eigenvalue weighted by atomic mass is 16.3. The summed E-state index contributed by atoms with van der Waals surface area (Å²) in [7, 11) is 0. The van der Waals surface area contributed by atoms with Gasteiger partial charge in [0.15, 0.2) is 0 Å². The van der Waals surface area contributed by atoms with Crippen molar-refractivity contribution in [3.05, 3.63) is 175 Å². The van der Waals surface area contributed by atoms with Crippen LogP contribution in [0.3, 0.4) is 0 Å². The van der Waals surface area contributed by atoms with Crippen molar-refractivity contribution in [3.8, 4) is 11.1 Å². The fourth-order valence-corrected chi connectivity index (χ4v) is 9.50. The molecule has 3 heterocycles. The molecule has 0 aliphatic carbocycles. The summed E-state index contributed by atoms with van der Waals surface area (Å²) < 4.78 is 6.48. The number of benzene rings is 8. The molecule has 8 aromatic carbocycles. The van der Waals surface area contributed by atoms with E-state index in [2.05, 4.69) is 209 Å². The second kappa shape index (κ2) is 12.5. The summed E-state index contributed by atoms with van der Waals surface area (Å²) in [6.07, 6.45) is 0. The van der Waals surface area contributed by atoms with Crippen LogP contribution in [0, 0.1) is 0 Å². The molecule has 2 aliphatic rings. The first kappa shape index (κ1) is 34.7. The average molecular weight is 749 g/mol. The molecular formula is C54H45BN2O. The second-order valence-corrected chi connectivity index (χ2v) is 18.2. The van der Waals surface area contributed by atoms with E-state index in [4.69, 9.17) is 4.42 Å². The highest BCUT2D eigenvalue weighted by Crippen LogP contribution is 2.46. The van der Waals surface area contributed by atoms with Gasteiger partial charge in [-0.2, -0.15) is 0 Å². The number of nitrogens with zero attached hydrogens (tertiary/aromatic N) is 2. The van der Waals surface area contributed by atoms with E-state index in [0.29, 0.717) is 0 Å². The first-order valence-corrected chi connectivity index (χ1v) is 20.5. The predicted molar refractivity (Wildman–Crippen MR) is 248 cm³/mol. The van der Waals surface area contributed by atoms with Gasteiger partial charge in [0.05, 0.1) is 0 Å². The molecule has 0 spiro atoms. The molecular weight excluding hydrogens is 703 g/mol. The van der Waals surface area contributed by atoms with Gasteiger partial charge in [0.25, 0.3) is 6.71 Å². The Kier molecular flexibility index (Phi) is 7.48. The minimum absolute atomic E-state index is 0.00279. The lowest BCUT2D eigenvalue weighted by Crippen LogP contribution is -2.61. The van der Waals surface area contributed by atoms with Crippen LogP contribution in [0.4, 0.5) is 34.1 Å². The number of para-hydroxylation sites is 2. The maximum atomic E-state index is 6.48. The molecule has 0 unspecified atom stereocenters. The maximum Gasteiger partial charge on any atom is 0.252 e. The Morgan fingerprint density at radius 1 is 0.448 bits per heavy atom. The normalized spacial score (nSPS) is 13.6. The third kappa shape index (κ3) is 5.28. The van der Waals surface area contributed by atoms with Crippen molar-refractivity contribution in [1.29, 1.82) is 0 Å². The molecule has 0 saturated carbocycles. The first-order valence-electron chi connectivity index (χ1n) is 20.5. The van der Waals surface area contributed by atoms with E-state index in [1.54, 1.807) is 0 Å². The smallest absolute Gasteiger partial charge is 0.252 e. The molecule has 0 radical (unpaired) electrons. The molecule has 9 aromatic rings. The standard InChI is InChI=1S/C54H45BN2O/c1-53(2,3)37-24-29-44-48(32-37)56(39-26-22-35(23-27-39)41-16-11-17-43-42-15-9-10-20-50(42)58-52(41)43)46-18-12-19-47-51(46)55(44)45-30-25-38(54(4,5)6)33-49(45)57(47)40-28-21-34-13-7-8-14-36(34)31-40/h7-33H,1-6H3. The topological polar surface area (TPSA) is 19.6 Å². The second-order valence-electron chi connectivity index (χ2n) is 18.2. The van der Waals surface area contributed by atoms with E-state index < -0.39 is 0 Å². The molecule has 0 fully saturated rings. The summed E-state index contributed by atoms with van der Waals surface area (Å²) in [6, 6.07) is 60.9. The fourth-order valence-electron chi connectivity index (χ4n) is 9.50. The molecule has 0 saturated heterocycles. The lowest BCUT2D eigenvalue weighted by atomic mass is 9.33. The molecule has 58 heavy (non-hydrogen) atoms. The van der Waals surface area contributed by atoms with E-state index in [9.17, 15) is 0 Å². The van der Waals surface area contributed by atoms with E-state index in [1.165, 1.54) is 66.7 Å². The molecule has 4 heteroatoms. The Balaban J connectivity index is 1.13. The fraction of sp³-hybridized carbons (Fsp3) is 0.148. The summed E-state index contributed by atoms with van der Waals surface area (Å²) >= 11 is 0. The van der Waals surface area contributed by atoms with Gasteiger partial charge >= 0.3 is 0 Å². The molecule has 0 N–H and O–H groups in total. The van der Waals surface area contributed by atoms with E-state index in [1.807, 2.05) is 6.07 Å². The van der Waals surface area contributed by atoms with E-state index >= 15 is 0 Å². The van der Waals surface area contributed by atoms with Gasteiger partial charge in [-0.1, -0.05) is 151 Å². The van der Waals surface area contributed by atoms with Crippen LogP contribution < -0.4 is 26.2 Å². The van der Waals surface area contributed by atoms with Crippen LogP contribution in [0.15, 0.2) is 168 Å². The number of furan rings is 1. The minimum Gasteiger partial charge on any atom is -0.455 e. The lowest BCUT2D eigenvalue weighted by molar-refractivity contribution is 0.590. The zero-order valence-corrected chi connectivity index (χ0v) is 34.0. The van der Waals surface area contributed by atoms with Gasteiger partial charge < -0.3 is 14.2 Å². The molecule has 0 atom stereocenters. The Morgan fingerprint density at radius 3 is 1.69 bits per heavy atom. The SMILES string of the molecule is CC(C)(C)c1ccc2c(c1)N(c1ccc(-c3cccc4c3oc3ccccc34)cc1)c1cccc3c1B2c1ccc(C(C)(C)C)cc1N3c1ccc2ccccc2c1. The van der Waals surface area contributed by atoms with Gasteiger partial charge in [0.1, 0.15) is 11.2 Å². The molecule has 0 bridgehead atoms. The van der Waals surface area contributed by atoms with Crippen molar-refractivity contribution in [2.24, 2.45) is 0 Å². The quantitative estimate of drug-likeness (QED) is 0.168. The predicted octanol–water partition coefficient (Wildman–Crippen LogP) is 13.1. The minimum atomic E-state index is -0.0170. The Bertz CT molecular complexity index is 3110. The number of rotatable bonds is 3. The van der Waals surface area contributed by atoms with Gasteiger partial charge in [-0.25, -0.2) is 0 Å². The van der Waals surface area contributed by atoms with Gasteiger partial charge in [-0.05, 0) is 109 Å². The molecule has 280 valence electrons. The molecule has 2 aliphatic heterocycles. The van der Waals surface area contributed by atoms with Crippen LogP contribution in [-0.4, -0.2) is 6.71 Å². The maximum absolute atomic E-state index is 6.48. The Labute approximate surface area is 341 Å². The monoisotopic (exact) mass is 748 g/mol. The average Bonchev–Trinajstić information content (AvgIpc) is 3.61. The van der Waals surface area contributed by atoms with Gasteiger partial charge in [-0.3, -0.25) is 0 Å². The van der Waals surface area contributed by atoms with Gasteiger partial charge in [0.2, 0.25) is 0 Å². The molecule has 3 nitrogen and oxygen atoms in total. The summed E-state index contributed by atoms with van der Waals surface area (Å²) in [5, 5.41) is 4.77. The summed E-state index contributed by atoms with van der Waals surface area (Å²) in [5.74, 6) is 0. The summed E-state index contributed by atoms with van der Waals surface area (Å²) in [5.41, 5.74) is 17.9. The highest BCUT2D eigenvalue weighted by Gasteiger charge is 2.43. The summed E-state index contributed by atoms with van der Waals surface area (Å²) in [6.45, 7) is 13.9. The van der Waals surface area contributed by atoms with Crippen LogP contribution in [0.25, 0.3) is 43.8 Å². The Hall–Kier alpha value is -6.52. The van der Waals surface area contributed by atoms with Crippen molar-refractivity contribution in [3.63, 3.8) is 0 Å². The van der Waals surface area contributed by atoms with Crippen molar-refractivity contribution < 1.29 is 4.42 Å². The number of fused-ring (bicyclic) bond motifs is 8. The number of hydrogen-bond donors (Lipinski definition) is 0. The zero-order chi connectivity index (χ0) is 39.5.